The molecule has 1 fully saturated rings. The molecule has 1 saturated heterocycles. The van der Waals surface area contributed by atoms with Gasteiger partial charge in [0.05, 0.1) is 16.0 Å². The molecule has 0 N–H and O–H groups in total. The number of carbonyl (C=O) groups is 1. The lowest BCUT2D eigenvalue weighted by Crippen LogP contribution is -2.40. The number of likely N-dealkylation sites (tertiary alicyclic amines) is 1. The van der Waals surface area contributed by atoms with Crippen LogP contribution in [-0.2, 0) is 4.74 Å². The van der Waals surface area contributed by atoms with Crippen LogP contribution in [0.5, 0.6) is 0 Å². The summed E-state index contributed by atoms with van der Waals surface area (Å²) in [7, 11) is 1.64. The molecular weight excluding hydrogens is 319 g/mol. The molecule has 2 rings (SSSR count). The predicted octanol–water partition coefficient (Wildman–Crippen LogP) is 3.15. The van der Waals surface area contributed by atoms with E-state index in [2.05, 4.69) is 0 Å². The number of amides is 1. The maximum absolute atomic E-state index is 12.4. The number of rotatable bonds is 3. The fraction of sp³-hybridized carbons (Fsp3) is 0.462. The third-order valence-corrected chi connectivity index (χ3v) is 4.31. The summed E-state index contributed by atoms with van der Waals surface area (Å²) in [5, 5.41) is 10.8. The Hall–Kier alpha value is -1.37. The fourth-order valence-electron chi connectivity index (χ4n) is 2.31. The van der Waals surface area contributed by atoms with Gasteiger partial charge < -0.3 is 9.64 Å². The van der Waals surface area contributed by atoms with Crippen molar-refractivity contribution in [3.63, 3.8) is 0 Å². The molecule has 0 aliphatic carbocycles. The summed E-state index contributed by atoms with van der Waals surface area (Å²) < 4.78 is 5.24. The van der Waals surface area contributed by atoms with Gasteiger partial charge in [0.15, 0.2) is 0 Å². The molecule has 0 unspecified atom stereocenters. The van der Waals surface area contributed by atoms with Gasteiger partial charge in [-0.2, -0.15) is 0 Å². The fourth-order valence-corrected chi connectivity index (χ4v) is 2.70. The second-order valence-corrected chi connectivity index (χ2v) is 5.56. The lowest BCUT2D eigenvalue weighted by molar-refractivity contribution is -0.384. The van der Waals surface area contributed by atoms with Crippen LogP contribution >= 0.6 is 23.2 Å². The standard InChI is InChI=1S/C13H14Cl2N2O4/c1-21-9-2-4-16(5-3-9)13(18)8-6-10(14)12(15)11(7-8)17(19)20/h6-7,9H,2-5H2,1H3. The molecule has 0 atom stereocenters. The van der Waals surface area contributed by atoms with Crippen LogP contribution in [-0.4, -0.2) is 42.0 Å². The van der Waals surface area contributed by atoms with Crippen LogP contribution in [0.1, 0.15) is 23.2 Å². The van der Waals surface area contributed by atoms with Gasteiger partial charge in [-0.1, -0.05) is 23.2 Å². The van der Waals surface area contributed by atoms with Crippen LogP contribution in [0.15, 0.2) is 12.1 Å². The number of methoxy groups -OCH3 is 1. The van der Waals surface area contributed by atoms with Crippen LogP contribution in [0.3, 0.4) is 0 Å². The Morgan fingerprint density at radius 1 is 1.38 bits per heavy atom. The second-order valence-electron chi connectivity index (χ2n) is 4.78. The summed E-state index contributed by atoms with van der Waals surface area (Å²) in [5.74, 6) is -0.286. The molecule has 114 valence electrons. The molecular formula is C13H14Cl2N2O4. The minimum absolute atomic E-state index is 0.000921. The molecule has 1 aromatic rings. The minimum Gasteiger partial charge on any atom is -0.381 e. The first-order chi connectivity index (χ1) is 9.93. The lowest BCUT2D eigenvalue weighted by Gasteiger charge is -2.31. The Morgan fingerprint density at radius 3 is 2.52 bits per heavy atom. The largest absolute Gasteiger partial charge is 0.381 e. The lowest BCUT2D eigenvalue weighted by atomic mass is 10.1. The molecule has 0 saturated carbocycles. The SMILES string of the molecule is COC1CCN(C(=O)c2cc(Cl)c(Cl)c([N+](=O)[O-])c2)CC1. The van der Waals surface area contributed by atoms with Crippen LogP contribution in [0.2, 0.25) is 10.0 Å². The van der Waals surface area contributed by atoms with Crippen LogP contribution < -0.4 is 0 Å². The van der Waals surface area contributed by atoms with Gasteiger partial charge in [0.2, 0.25) is 0 Å². The van der Waals surface area contributed by atoms with Crippen molar-refractivity contribution in [1.82, 2.24) is 4.90 Å². The van der Waals surface area contributed by atoms with E-state index in [9.17, 15) is 14.9 Å². The van der Waals surface area contributed by atoms with Gasteiger partial charge in [-0.05, 0) is 18.9 Å². The molecule has 0 radical (unpaired) electrons. The average molecular weight is 333 g/mol. The van der Waals surface area contributed by atoms with E-state index in [1.54, 1.807) is 12.0 Å². The number of ether oxygens (including phenoxy) is 1. The molecule has 8 heteroatoms. The summed E-state index contributed by atoms with van der Waals surface area (Å²) in [6.07, 6.45) is 1.63. The number of piperidine rings is 1. The summed E-state index contributed by atoms with van der Waals surface area (Å²) in [5.41, 5.74) is -0.189. The first-order valence-corrected chi connectivity index (χ1v) is 7.15. The Kier molecular flexibility index (Phi) is 5.03. The van der Waals surface area contributed by atoms with E-state index in [4.69, 9.17) is 27.9 Å². The zero-order valence-electron chi connectivity index (χ0n) is 11.3. The van der Waals surface area contributed by atoms with Gasteiger partial charge in [-0.15, -0.1) is 0 Å². The van der Waals surface area contributed by atoms with Crippen molar-refractivity contribution >= 4 is 34.8 Å². The number of nitrogens with zero attached hydrogens (tertiary/aromatic N) is 2. The highest BCUT2D eigenvalue weighted by molar-refractivity contribution is 6.43. The van der Waals surface area contributed by atoms with Crippen molar-refractivity contribution in [3.05, 3.63) is 37.9 Å². The zero-order chi connectivity index (χ0) is 15.6. The Balaban J connectivity index is 2.22. The van der Waals surface area contributed by atoms with Gasteiger partial charge >= 0.3 is 0 Å². The van der Waals surface area contributed by atoms with Gasteiger partial charge in [0.1, 0.15) is 5.02 Å². The molecule has 0 aromatic heterocycles. The molecule has 1 aromatic carbocycles. The van der Waals surface area contributed by atoms with Crippen LogP contribution in [0.25, 0.3) is 0 Å². The van der Waals surface area contributed by atoms with E-state index in [1.807, 2.05) is 0 Å². The van der Waals surface area contributed by atoms with Gasteiger partial charge in [0, 0.05) is 31.8 Å². The van der Waals surface area contributed by atoms with Crippen molar-refractivity contribution in [1.29, 1.82) is 0 Å². The maximum Gasteiger partial charge on any atom is 0.290 e. The minimum atomic E-state index is -0.651. The molecule has 21 heavy (non-hydrogen) atoms. The molecule has 1 aliphatic heterocycles. The summed E-state index contributed by atoms with van der Waals surface area (Å²) in [6.45, 7) is 1.09. The molecule has 1 heterocycles. The average Bonchev–Trinajstić information content (AvgIpc) is 2.49. The molecule has 1 amide bonds. The second kappa shape index (κ2) is 6.60. The van der Waals surface area contributed by atoms with E-state index in [0.717, 1.165) is 12.8 Å². The summed E-state index contributed by atoms with van der Waals surface area (Å²) in [6, 6.07) is 2.53. The normalized spacial score (nSPS) is 16.0. The maximum atomic E-state index is 12.4. The number of halogens is 2. The number of nitro benzene ring substituents is 1. The highest BCUT2D eigenvalue weighted by Gasteiger charge is 2.26. The Bertz CT molecular complexity index is 572. The summed E-state index contributed by atoms with van der Waals surface area (Å²) in [4.78, 5) is 24.3. The smallest absolute Gasteiger partial charge is 0.290 e. The third-order valence-electron chi connectivity index (χ3n) is 3.52. The Labute approximate surface area is 131 Å². The van der Waals surface area contributed by atoms with Crippen molar-refractivity contribution in [2.75, 3.05) is 20.2 Å². The number of hydrogen-bond donors (Lipinski definition) is 0. The molecule has 0 spiro atoms. The molecule has 0 bridgehead atoms. The number of hydrogen-bond acceptors (Lipinski definition) is 4. The predicted molar refractivity (Wildman–Crippen MR) is 79.1 cm³/mol. The van der Waals surface area contributed by atoms with E-state index in [1.165, 1.54) is 12.1 Å². The van der Waals surface area contributed by atoms with E-state index in [-0.39, 0.29) is 33.3 Å². The quantitative estimate of drug-likeness (QED) is 0.629. The highest BCUT2D eigenvalue weighted by atomic mass is 35.5. The van der Waals surface area contributed by atoms with Crippen LogP contribution in [0.4, 0.5) is 5.69 Å². The van der Waals surface area contributed by atoms with Crippen LogP contribution in [0, 0.1) is 10.1 Å². The van der Waals surface area contributed by atoms with Crippen molar-refractivity contribution < 1.29 is 14.5 Å². The van der Waals surface area contributed by atoms with Crippen molar-refractivity contribution in [3.8, 4) is 0 Å². The van der Waals surface area contributed by atoms with Gasteiger partial charge in [-0.3, -0.25) is 14.9 Å². The molecule has 6 nitrogen and oxygen atoms in total. The third kappa shape index (κ3) is 3.45. The number of nitro groups is 1. The van der Waals surface area contributed by atoms with Crippen molar-refractivity contribution in [2.45, 2.75) is 18.9 Å². The zero-order valence-corrected chi connectivity index (χ0v) is 12.9. The number of carbonyl (C=O) groups excluding carboxylic acids is 1. The van der Waals surface area contributed by atoms with E-state index >= 15 is 0 Å². The van der Waals surface area contributed by atoms with Gasteiger partial charge in [-0.25, -0.2) is 0 Å². The Morgan fingerprint density at radius 2 is 2.00 bits per heavy atom. The first-order valence-electron chi connectivity index (χ1n) is 6.39. The van der Waals surface area contributed by atoms with E-state index in [0.29, 0.717) is 13.1 Å². The number of benzene rings is 1. The monoisotopic (exact) mass is 332 g/mol. The first kappa shape index (κ1) is 16.0. The summed E-state index contributed by atoms with van der Waals surface area (Å²) >= 11 is 11.6. The topological polar surface area (TPSA) is 72.7 Å². The van der Waals surface area contributed by atoms with Gasteiger partial charge in [0.25, 0.3) is 11.6 Å². The van der Waals surface area contributed by atoms with E-state index < -0.39 is 4.92 Å². The molecule has 1 aliphatic rings. The van der Waals surface area contributed by atoms with Crippen molar-refractivity contribution in [2.24, 2.45) is 0 Å². The highest BCUT2D eigenvalue weighted by Crippen LogP contribution is 2.33.